The summed E-state index contributed by atoms with van der Waals surface area (Å²) < 4.78 is 33.2. The minimum atomic E-state index is -4.40. The van der Waals surface area contributed by atoms with Crippen molar-refractivity contribution < 1.29 is 37.6 Å². The number of rotatable bonds is 66. The van der Waals surface area contributed by atoms with Crippen molar-refractivity contribution in [2.24, 2.45) is 5.73 Å². The van der Waals surface area contributed by atoms with E-state index in [0.29, 0.717) is 6.42 Å². The molecule has 0 aromatic carbocycles. The van der Waals surface area contributed by atoms with E-state index in [1.807, 2.05) is 0 Å². The molecule has 0 aliphatic rings. The fraction of sp³-hybridized carbons (Fsp3) is 0.733. The summed E-state index contributed by atoms with van der Waals surface area (Å²) in [6, 6.07) is 0. The first kappa shape index (κ1) is 81.7. The molecule has 0 aliphatic heterocycles. The number of hydrogen-bond acceptors (Lipinski definition) is 8. The molecule has 10 heteroatoms. The van der Waals surface area contributed by atoms with Crippen LogP contribution < -0.4 is 5.73 Å². The first-order valence-corrected chi connectivity index (χ1v) is 36.9. The average Bonchev–Trinajstić information content (AvgIpc) is 3.52. The topological polar surface area (TPSA) is 134 Å². The van der Waals surface area contributed by atoms with Gasteiger partial charge in [-0.05, 0) is 103 Å². The highest BCUT2D eigenvalue weighted by atomic mass is 31.2. The van der Waals surface area contributed by atoms with Crippen LogP contribution in [0.15, 0.2) is 109 Å². The average molecular weight is 1210 g/mol. The second-order valence-corrected chi connectivity index (χ2v) is 24.8. The molecule has 490 valence electrons. The summed E-state index contributed by atoms with van der Waals surface area (Å²) in [5.74, 6) is -0.831. The highest BCUT2D eigenvalue weighted by Gasteiger charge is 2.26. The molecule has 0 amide bonds. The van der Waals surface area contributed by atoms with Crippen LogP contribution in [0.2, 0.25) is 0 Å². The number of phosphoric ester groups is 1. The summed E-state index contributed by atoms with van der Waals surface area (Å²) in [7, 11) is -4.40. The van der Waals surface area contributed by atoms with Gasteiger partial charge in [-0.2, -0.15) is 0 Å². The predicted molar refractivity (Wildman–Crippen MR) is 367 cm³/mol. The first-order valence-electron chi connectivity index (χ1n) is 35.4. The monoisotopic (exact) mass is 1210 g/mol. The van der Waals surface area contributed by atoms with Crippen molar-refractivity contribution in [2.45, 2.75) is 328 Å². The van der Waals surface area contributed by atoms with Crippen molar-refractivity contribution in [2.75, 3.05) is 26.4 Å². The van der Waals surface area contributed by atoms with Gasteiger partial charge < -0.3 is 20.1 Å². The van der Waals surface area contributed by atoms with Crippen molar-refractivity contribution in [3.8, 4) is 0 Å². The fourth-order valence-electron chi connectivity index (χ4n) is 9.94. The van der Waals surface area contributed by atoms with Crippen LogP contribution in [0.5, 0.6) is 0 Å². The Kier molecular flexibility index (Phi) is 67.0. The molecule has 9 nitrogen and oxygen atoms in total. The van der Waals surface area contributed by atoms with E-state index < -0.39 is 26.5 Å². The summed E-state index contributed by atoms with van der Waals surface area (Å²) in [4.78, 5) is 35.4. The molecule has 0 radical (unpaired) electrons. The Hall–Kier alpha value is -3.33. The Bertz CT molecular complexity index is 1760. The molecule has 0 saturated heterocycles. The third-order valence-corrected chi connectivity index (χ3v) is 16.1. The zero-order valence-corrected chi connectivity index (χ0v) is 56.0. The van der Waals surface area contributed by atoms with Gasteiger partial charge in [0, 0.05) is 19.4 Å². The van der Waals surface area contributed by atoms with Crippen LogP contribution in [0.4, 0.5) is 0 Å². The summed E-state index contributed by atoms with van der Waals surface area (Å²) in [5.41, 5.74) is 5.40. The molecule has 0 rings (SSSR count). The summed E-state index contributed by atoms with van der Waals surface area (Å²) in [6.07, 6.45) is 96.1. The number of unbranched alkanes of at least 4 members (excludes halogenated alkanes) is 35. The van der Waals surface area contributed by atoms with Crippen LogP contribution in [0.1, 0.15) is 322 Å². The maximum absolute atomic E-state index is 12.8. The van der Waals surface area contributed by atoms with Gasteiger partial charge in [0.1, 0.15) is 6.61 Å². The van der Waals surface area contributed by atoms with Gasteiger partial charge in [-0.25, -0.2) is 4.57 Å². The molecule has 2 unspecified atom stereocenters. The van der Waals surface area contributed by atoms with Crippen molar-refractivity contribution >= 4 is 19.8 Å². The Morgan fingerprint density at radius 2 is 0.647 bits per heavy atom. The molecule has 0 saturated carbocycles. The minimum Gasteiger partial charge on any atom is -0.462 e. The van der Waals surface area contributed by atoms with E-state index in [0.717, 1.165) is 96.3 Å². The third-order valence-electron chi connectivity index (χ3n) is 15.1. The minimum absolute atomic E-state index is 0.0482. The van der Waals surface area contributed by atoms with Crippen LogP contribution >= 0.6 is 7.82 Å². The molecular formula is C75H132NO8P. The quantitative estimate of drug-likeness (QED) is 0.0264. The summed E-state index contributed by atoms with van der Waals surface area (Å²) >= 11 is 0. The number of allylic oxidation sites excluding steroid dienone is 18. The second-order valence-electron chi connectivity index (χ2n) is 23.4. The van der Waals surface area contributed by atoms with Crippen LogP contribution in [0.25, 0.3) is 0 Å². The van der Waals surface area contributed by atoms with Gasteiger partial charge in [0.05, 0.1) is 13.2 Å². The van der Waals surface area contributed by atoms with Crippen LogP contribution in [-0.2, 0) is 32.7 Å². The van der Waals surface area contributed by atoms with E-state index in [2.05, 4.69) is 123 Å². The van der Waals surface area contributed by atoms with E-state index in [4.69, 9.17) is 24.3 Å². The largest absolute Gasteiger partial charge is 0.472 e. The summed E-state index contributed by atoms with van der Waals surface area (Å²) in [5, 5.41) is 0. The lowest BCUT2D eigenvalue weighted by Gasteiger charge is -2.19. The number of esters is 2. The number of phosphoric acid groups is 1. The predicted octanol–water partition coefficient (Wildman–Crippen LogP) is 23.3. The first-order chi connectivity index (χ1) is 41.8. The smallest absolute Gasteiger partial charge is 0.462 e. The van der Waals surface area contributed by atoms with Gasteiger partial charge in [-0.15, -0.1) is 0 Å². The Labute approximate surface area is 524 Å². The molecule has 0 aliphatic carbocycles. The van der Waals surface area contributed by atoms with Crippen molar-refractivity contribution in [3.63, 3.8) is 0 Å². The van der Waals surface area contributed by atoms with Gasteiger partial charge >= 0.3 is 19.8 Å². The standard InChI is InChI=1S/C75H132NO8P/c1-3-5-7-9-11-13-15-17-19-21-23-25-27-29-31-33-35-36-38-40-42-44-46-48-50-52-54-56-58-60-62-64-66-68-75(78)84-73(72-83-85(79,80)82-70-69-76)71-81-74(77)67-65-63-61-59-57-55-53-51-49-47-45-43-41-39-37-34-32-30-28-26-24-22-20-18-16-14-12-10-8-6-4-2/h5,7,11,13,17,19,22-25,29,31,35-36,40,42,46,48,73H,3-4,6,8-10,12,14-16,18,20-21,26-28,30,32-34,37-39,41,43-45,47,49-72,76H2,1-2H3,(H,79,80)/b7-5-,13-11-,19-17-,24-22-,25-23-,31-29-,36-35-,42-40-,48-46-. The fourth-order valence-corrected chi connectivity index (χ4v) is 10.7. The SMILES string of the molecule is CC/C=C\C/C=C\C/C=C\C/C=C\C/C=C\C/C=C\C/C=C\C/C=C\CCCCCCCCCCC(=O)OC(COC(=O)CCCCCCCCCCCCCCCCCCCCC/C=C\CCCCCCCCCC)COP(=O)(O)OCCN. The molecule has 2 atom stereocenters. The Balaban J connectivity index is 3.92. The molecule has 0 bridgehead atoms. The number of carbonyl (C=O) groups is 2. The highest BCUT2D eigenvalue weighted by molar-refractivity contribution is 7.47. The second kappa shape index (κ2) is 69.8. The molecule has 3 N–H and O–H groups in total. The Morgan fingerprint density at radius 1 is 0.365 bits per heavy atom. The number of ether oxygens (including phenoxy) is 2. The lowest BCUT2D eigenvalue weighted by molar-refractivity contribution is -0.161. The van der Waals surface area contributed by atoms with Crippen LogP contribution in [-0.4, -0.2) is 49.3 Å². The van der Waals surface area contributed by atoms with Crippen molar-refractivity contribution in [3.05, 3.63) is 109 Å². The van der Waals surface area contributed by atoms with E-state index in [9.17, 15) is 19.0 Å². The molecular weight excluding hydrogens is 1070 g/mol. The van der Waals surface area contributed by atoms with Gasteiger partial charge in [0.2, 0.25) is 0 Å². The molecule has 0 fully saturated rings. The van der Waals surface area contributed by atoms with Gasteiger partial charge in [0.15, 0.2) is 6.10 Å². The zero-order valence-electron chi connectivity index (χ0n) is 55.1. The molecule has 0 aromatic rings. The van der Waals surface area contributed by atoms with Crippen LogP contribution in [0.3, 0.4) is 0 Å². The van der Waals surface area contributed by atoms with Gasteiger partial charge in [0.25, 0.3) is 0 Å². The number of hydrogen-bond donors (Lipinski definition) is 2. The maximum atomic E-state index is 12.8. The normalized spacial score (nSPS) is 13.6. The third kappa shape index (κ3) is 69.6. The van der Waals surface area contributed by atoms with Gasteiger partial charge in [-0.1, -0.05) is 316 Å². The summed E-state index contributed by atoms with van der Waals surface area (Å²) in [6.45, 7) is 3.65. The number of nitrogens with two attached hydrogens (primary N) is 1. The molecule has 0 spiro atoms. The van der Waals surface area contributed by atoms with E-state index in [1.54, 1.807) is 0 Å². The molecule has 85 heavy (non-hydrogen) atoms. The van der Waals surface area contributed by atoms with Crippen molar-refractivity contribution in [1.82, 2.24) is 0 Å². The van der Waals surface area contributed by atoms with Crippen LogP contribution in [0, 0.1) is 0 Å². The Morgan fingerprint density at radius 3 is 0.976 bits per heavy atom. The van der Waals surface area contributed by atoms with E-state index >= 15 is 0 Å². The van der Waals surface area contributed by atoms with E-state index in [1.165, 1.54) is 193 Å². The maximum Gasteiger partial charge on any atom is 0.472 e. The number of carbonyl (C=O) groups excluding carboxylic acids is 2. The van der Waals surface area contributed by atoms with E-state index in [-0.39, 0.29) is 38.6 Å². The molecule has 0 aromatic heterocycles. The highest BCUT2D eigenvalue weighted by Crippen LogP contribution is 2.43. The zero-order chi connectivity index (χ0) is 61.6. The van der Waals surface area contributed by atoms with Gasteiger partial charge in [-0.3, -0.25) is 18.6 Å². The molecule has 0 heterocycles. The van der Waals surface area contributed by atoms with Crippen molar-refractivity contribution in [1.29, 1.82) is 0 Å². The lowest BCUT2D eigenvalue weighted by Crippen LogP contribution is -2.29. The lowest BCUT2D eigenvalue weighted by atomic mass is 10.0.